The summed E-state index contributed by atoms with van der Waals surface area (Å²) in [5.74, 6) is -0.733. The van der Waals surface area contributed by atoms with Crippen molar-refractivity contribution in [2.45, 2.75) is 13.8 Å². The van der Waals surface area contributed by atoms with Crippen LogP contribution >= 0.6 is 22.6 Å². The van der Waals surface area contributed by atoms with Crippen LogP contribution in [0.5, 0.6) is 0 Å². The van der Waals surface area contributed by atoms with Crippen molar-refractivity contribution in [2.75, 3.05) is 0 Å². The van der Waals surface area contributed by atoms with Gasteiger partial charge in [0.1, 0.15) is 5.82 Å². The summed E-state index contributed by atoms with van der Waals surface area (Å²) >= 11 is 2.06. The molecule has 0 radical (unpaired) electrons. The predicted molar refractivity (Wildman–Crippen MR) is 58.3 cm³/mol. The van der Waals surface area contributed by atoms with Gasteiger partial charge < -0.3 is 0 Å². The number of halogens is 2. The first-order chi connectivity index (χ1) is 6.02. The highest BCUT2D eigenvalue weighted by molar-refractivity contribution is 14.1. The lowest BCUT2D eigenvalue weighted by Crippen LogP contribution is -2.09. The van der Waals surface area contributed by atoms with Crippen molar-refractivity contribution in [3.8, 4) is 0 Å². The van der Waals surface area contributed by atoms with Crippen molar-refractivity contribution in [3.05, 3.63) is 33.1 Å². The molecule has 1 aromatic rings. The Labute approximate surface area is 90.5 Å². The van der Waals surface area contributed by atoms with Gasteiger partial charge in [-0.3, -0.25) is 4.79 Å². The Balaban J connectivity index is 3.13. The number of ketones is 1. The molecule has 13 heavy (non-hydrogen) atoms. The van der Waals surface area contributed by atoms with Crippen molar-refractivity contribution in [3.63, 3.8) is 0 Å². The highest BCUT2D eigenvalue weighted by Crippen LogP contribution is 2.16. The molecule has 0 fully saturated rings. The first kappa shape index (κ1) is 10.6. The number of hydrogen-bond acceptors (Lipinski definition) is 1. The number of carbonyl (C=O) groups is 1. The monoisotopic (exact) mass is 292 g/mol. The SMILES string of the molecule is CC(C)C(=O)c1cc(I)ccc1F. The van der Waals surface area contributed by atoms with E-state index in [9.17, 15) is 9.18 Å². The summed E-state index contributed by atoms with van der Waals surface area (Å²) < 4.78 is 14.0. The Kier molecular flexibility index (Phi) is 3.41. The van der Waals surface area contributed by atoms with Gasteiger partial charge >= 0.3 is 0 Å². The van der Waals surface area contributed by atoms with E-state index in [1.165, 1.54) is 6.07 Å². The van der Waals surface area contributed by atoms with E-state index in [4.69, 9.17) is 0 Å². The molecule has 0 aliphatic rings. The molecule has 0 spiro atoms. The van der Waals surface area contributed by atoms with Crippen LogP contribution in [0.25, 0.3) is 0 Å². The van der Waals surface area contributed by atoms with E-state index in [1.54, 1.807) is 26.0 Å². The molecule has 0 saturated heterocycles. The first-order valence-electron chi connectivity index (χ1n) is 4.01. The third kappa shape index (κ3) is 2.49. The molecule has 0 aliphatic heterocycles. The van der Waals surface area contributed by atoms with E-state index >= 15 is 0 Å². The van der Waals surface area contributed by atoms with Crippen LogP contribution in [-0.4, -0.2) is 5.78 Å². The Hall–Kier alpha value is -0.450. The molecule has 0 aliphatic carbocycles. The summed E-state index contributed by atoms with van der Waals surface area (Å²) in [6, 6.07) is 4.56. The van der Waals surface area contributed by atoms with Crippen molar-refractivity contribution in [2.24, 2.45) is 5.92 Å². The minimum atomic E-state index is -0.431. The number of rotatable bonds is 2. The maximum atomic E-state index is 13.2. The Morgan fingerprint density at radius 1 is 1.46 bits per heavy atom. The van der Waals surface area contributed by atoms with E-state index < -0.39 is 5.82 Å². The maximum Gasteiger partial charge on any atom is 0.168 e. The van der Waals surface area contributed by atoms with Crippen LogP contribution in [0.4, 0.5) is 4.39 Å². The maximum absolute atomic E-state index is 13.2. The second-order valence-corrected chi connectivity index (χ2v) is 4.39. The fourth-order valence-corrected chi connectivity index (χ4v) is 1.49. The second-order valence-electron chi connectivity index (χ2n) is 3.14. The van der Waals surface area contributed by atoms with Gasteiger partial charge in [0.2, 0.25) is 0 Å². The van der Waals surface area contributed by atoms with Gasteiger partial charge in [0.15, 0.2) is 5.78 Å². The summed E-state index contributed by atoms with van der Waals surface area (Å²) in [5.41, 5.74) is 0.196. The molecule has 0 saturated carbocycles. The van der Waals surface area contributed by atoms with E-state index in [-0.39, 0.29) is 17.3 Å². The van der Waals surface area contributed by atoms with Crippen LogP contribution < -0.4 is 0 Å². The largest absolute Gasteiger partial charge is 0.294 e. The molecule has 0 unspecified atom stereocenters. The Morgan fingerprint density at radius 3 is 2.62 bits per heavy atom. The van der Waals surface area contributed by atoms with Crippen LogP contribution in [0.1, 0.15) is 24.2 Å². The quantitative estimate of drug-likeness (QED) is 0.604. The normalized spacial score (nSPS) is 10.5. The van der Waals surface area contributed by atoms with Gasteiger partial charge in [-0.2, -0.15) is 0 Å². The standard InChI is InChI=1S/C10H10FIO/c1-6(2)10(13)8-5-7(12)3-4-9(8)11/h3-6H,1-2H3. The average Bonchev–Trinajstić information content (AvgIpc) is 2.08. The number of hydrogen-bond donors (Lipinski definition) is 0. The summed E-state index contributed by atoms with van der Waals surface area (Å²) in [6.07, 6.45) is 0. The van der Waals surface area contributed by atoms with Crippen LogP contribution in [0.3, 0.4) is 0 Å². The zero-order chi connectivity index (χ0) is 10.0. The summed E-state index contributed by atoms with van der Waals surface area (Å²) in [4.78, 5) is 11.5. The molecule has 0 heterocycles. The van der Waals surface area contributed by atoms with Gasteiger partial charge in [-0.05, 0) is 40.8 Å². The molecule has 0 bridgehead atoms. The summed E-state index contributed by atoms with van der Waals surface area (Å²) in [7, 11) is 0. The molecule has 0 atom stereocenters. The van der Waals surface area contributed by atoms with E-state index in [2.05, 4.69) is 22.6 Å². The predicted octanol–water partition coefficient (Wildman–Crippen LogP) is 3.27. The van der Waals surface area contributed by atoms with Crippen LogP contribution in [-0.2, 0) is 0 Å². The van der Waals surface area contributed by atoms with Gasteiger partial charge in [0, 0.05) is 9.49 Å². The number of benzene rings is 1. The van der Waals surface area contributed by atoms with Crippen LogP contribution in [0, 0.1) is 15.3 Å². The Morgan fingerprint density at radius 2 is 2.08 bits per heavy atom. The zero-order valence-electron chi connectivity index (χ0n) is 7.47. The molecule has 70 valence electrons. The van der Waals surface area contributed by atoms with Gasteiger partial charge in [0.05, 0.1) is 5.56 Å². The van der Waals surface area contributed by atoms with Gasteiger partial charge in [-0.25, -0.2) is 4.39 Å². The molecule has 1 aromatic carbocycles. The lowest BCUT2D eigenvalue weighted by molar-refractivity contribution is 0.0935. The lowest BCUT2D eigenvalue weighted by atomic mass is 10.0. The molecule has 0 N–H and O–H groups in total. The van der Waals surface area contributed by atoms with Crippen molar-refractivity contribution in [1.82, 2.24) is 0 Å². The first-order valence-corrected chi connectivity index (χ1v) is 5.09. The van der Waals surface area contributed by atoms with Gasteiger partial charge in [0.25, 0.3) is 0 Å². The number of carbonyl (C=O) groups excluding carboxylic acids is 1. The average molecular weight is 292 g/mol. The topological polar surface area (TPSA) is 17.1 Å². The van der Waals surface area contributed by atoms with Crippen LogP contribution in [0.15, 0.2) is 18.2 Å². The van der Waals surface area contributed by atoms with E-state index in [0.717, 1.165) is 3.57 Å². The van der Waals surface area contributed by atoms with E-state index in [0.29, 0.717) is 0 Å². The zero-order valence-corrected chi connectivity index (χ0v) is 9.63. The molecular formula is C10H10FIO. The fourth-order valence-electron chi connectivity index (χ4n) is 0.997. The van der Waals surface area contributed by atoms with Crippen molar-refractivity contribution >= 4 is 28.4 Å². The number of Topliss-reactive ketones (excluding diaryl/α,β-unsaturated/α-hetero) is 1. The Bertz CT molecular complexity index is 334. The molecule has 0 amide bonds. The van der Waals surface area contributed by atoms with Gasteiger partial charge in [-0.15, -0.1) is 0 Å². The van der Waals surface area contributed by atoms with Gasteiger partial charge in [-0.1, -0.05) is 13.8 Å². The summed E-state index contributed by atoms with van der Waals surface area (Å²) in [6.45, 7) is 3.53. The molecule has 1 rings (SSSR count). The lowest BCUT2D eigenvalue weighted by Gasteiger charge is -2.05. The molecule has 3 heteroatoms. The third-order valence-electron chi connectivity index (χ3n) is 1.72. The highest BCUT2D eigenvalue weighted by atomic mass is 127. The summed E-state index contributed by atoms with van der Waals surface area (Å²) in [5, 5.41) is 0. The minimum Gasteiger partial charge on any atom is -0.294 e. The minimum absolute atomic E-state index is 0.143. The smallest absolute Gasteiger partial charge is 0.168 e. The van der Waals surface area contributed by atoms with Crippen LogP contribution in [0.2, 0.25) is 0 Å². The van der Waals surface area contributed by atoms with E-state index in [1.807, 2.05) is 0 Å². The second kappa shape index (κ2) is 4.17. The highest BCUT2D eigenvalue weighted by Gasteiger charge is 2.14. The fraction of sp³-hybridized carbons (Fsp3) is 0.300. The van der Waals surface area contributed by atoms with Crippen molar-refractivity contribution in [1.29, 1.82) is 0 Å². The molecule has 1 nitrogen and oxygen atoms in total. The van der Waals surface area contributed by atoms with Crippen molar-refractivity contribution < 1.29 is 9.18 Å². The molecular weight excluding hydrogens is 282 g/mol. The third-order valence-corrected chi connectivity index (χ3v) is 2.39. The molecule has 0 aromatic heterocycles.